The quantitative estimate of drug-likeness (QED) is 0.671. The van der Waals surface area contributed by atoms with Crippen molar-refractivity contribution in [1.82, 2.24) is 0 Å². The zero-order valence-electron chi connectivity index (χ0n) is 10.8. The lowest BCUT2D eigenvalue weighted by Gasteiger charge is -2.08. The summed E-state index contributed by atoms with van der Waals surface area (Å²) < 4.78 is 22.8. The van der Waals surface area contributed by atoms with Crippen LogP contribution in [0, 0.1) is 5.41 Å². The van der Waals surface area contributed by atoms with Gasteiger partial charge in [0.2, 0.25) is 0 Å². The van der Waals surface area contributed by atoms with Gasteiger partial charge in [-0.1, -0.05) is 30.0 Å². The molecule has 2 rings (SSSR count). The highest BCUT2D eigenvalue weighted by Gasteiger charge is 2.09. The van der Waals surface area contributed by atoms with Gasteiger partial charge in [0, 0.05) is 21.6 Å². The first-order chi connectivity index (χ1) is 9.38. The van der Waals surface area contributed by atoms with Crippen molar-refractivity contribution in [2.24, 2.45) is 5.73 Å². The number of amidine groups is 1. The Morgan fingerprint density at radius 2 is 1.70 bits per heavy atom. The number of nitrogen functional groups attached to an aromatic ring is 1. The van der Waals surface area contributed by atoms with E-state index >= 15 is 0 Å². The van der Waals surface area contributed by atoms with Crippen molar-refractivity contribution < 1.29 is 8.42 Å². The molecule has 0 aliphatic carbocycles. The van der Waals surface area contributed by atoms with Crippen molar-refractivity contribution in [3.63, 3.8) is 0 Å². The second-order valence-electron chi connectivity index (χ2n) is 4.26. The molecule has 0 bridgehead atoms. The third kappa shape index (κ3) is 3.40. The fourth-order valence-corrected chi connectivity index (χ4v) is 3.25. The summed E-state index contributed by atoms with van der Waals surface area (Å²) in [4.78, 5) is 2.06. The van der Waals surface area contributed by atoms with Crippen LogP contribution in [0.15, 0.2) is 63.2 Å². The standard InChI is InChI=1S/C14H14N2O2S2/c1-20(17,18)11-8-6-10(7-9-11)19-13-5-3-2-4-12(13)14(15)16/h2-9H,1H3,(H3,15,16). The first kappa shape index (κ1) is 14.6. The van der Waals surface area contributed by atoms with Crippen LogP contribution in [0.2, 0.25) is 0 Å². The van der Waals surface area contributed by atoms with Crippen molar-refractivity contribution in [3.05, 3.63) is 54.1 Å². The molecule has 0 unspecified atom stereocenters. The van der Waals surface area contributed by atoms with Crippen LogP contribution in [0.25, 0.3) is 0 Å². The zero-order chi connectivity index (χ0) is 14.8. The number of sulfone groups is 1. The number of benzene rings is 2. The summed E-state index contributed by atoms with van der Waals surface area (Å²) in [5.41, 5.74) is 6.21. The second-order valence-corrected chi connectivity index (χ2v) is 7.39. The number of hydrogen-bond donors (Lipinski definition) is 2. The molecule has 0 radical (unpaired) electrons. The second kappa shape index (κ2) is 5.68. The van der Waals surface area contributed by atoms with E-state index in [4.69, 9.17) is 11.1 Å². The van der Waals surface area contributed by atoms with Crippen molar-refractivity contribution in [3.8, 4) is 0 Å². The minimum Gasteiger partial charge on any atom is -0.384 e. The Kier molecular flexibility index (Phi) is 4.15. The summed E-state index contributed by atoms with van der Waals surface area (Å²) in [5.74, 6) is 0.0147. The topological polar surface area (TPSA) is 84.0 Å². The summed E-state index contributed by atoms with van der Waals surface area (Å²) in [6, 6.07) is 14.0. The molecule has 2 aromatic carbocycles. The van der Waals surface area contributed by atoms with Crippen LogP contribution in [0.3, 0.4) is 0 Å². The lowest BCUT2D eigenvalue weighted by atomic mass is 10.2. The van der Waals surface area contributed by atoms with Gasteiger partial charge in [-0.05, 0) is 30.3 Å². The van der Waals surface area contributed by atoms with Gasteiger partial charge in [0.25, 0.3) is 0 Å². The van der Waals surface area contributed by atoms with Gasteiger partial charge in [-0.3, -0.25) is 5.41 Å². The lowest BCUT2D eigenvalue weighted by Crippen LogP contribution is -2.11. The normalized spacial score (nSPS) is 11.2. The first-order valence-electron chi connectivity index (χ1n) is 5.79. The van der Waals surface area contributed by atoms with Crippen molar-refractivity contribution in [2.45, 2.75) is 14.7 Å². The van der Waals surface area contributed by atoms with E-state index in [1.807, 2.05) is 18.2 Å². The molecule has 4 nitrogen and oxygen atoms in total. The fraction of sp³-hybridized carbons (Fsp3) is 0.0714. The lowest BCUT2D eigenvalue weighted by molar-refractivity contribution is 0.602. The Morgan fingerprint density at radius 3 is 2.25 bits per heavy atom. The summed E-state index contributed by atoms with van der Waals surface area (Å²) in [6.45, 7) is 0. The molecule has 104 valence electrons. The summed E-state index contributed by atoms with van der Waals surface area (Å²) in [7, 11) is -3.18. The number of nitrogens with one attached hydrogen (secondary N) is 1. The van der Waals surface area contributed by atoms with E-state index in [1.165, 1.54) is 18.0 Å². The van der Waals surface area contributed by atoms with Crippen LogP contribution in [0.4, 0.5) is 0 Å². The highest BCUT2D eigenvalue weighted by molar-refractivity contribution is 7.99. The van der Waals surface area contributed by atoms with E-state index in [9.17, 15) is 8.42 Å². The minimum absolute atomic E-state index is 0.0147. The molecule has 0 aliphatic rings. The largest absolute Gasteiger partial charge is 0.384 e. The molecular formula is C14H14N2O2S2. The SMILES string of the molecule is CS(=O)(=O)c1ccc(Sc2ccccc2C(=N)N)cc1. The molecule has 0 saturated carbocycles. The fourth-order valence-electron chi connectivity index (χ4n) is 1.66. The van der Waals surface area contributed by atoms with Crippen molar-refractivity contribution in [1.29, 1.82) is 5.41 Å². The van der Waals surface area contributed by atoms with Gasteiger partial charge >= 0.3 is 0 Å². The highest BCUT2D eigenvalue weighted by atomic mass is 32.2. The highest BCUT2D eigenvalue weighted by Crippen LogP contribution is 2.30. The Labute approximate surface area is 122 Å². The van der Waals surface area contributed by atoms with Gasteiger partial charge in [0.15, 0.2) is 9.84 Å². The van der Waals surface area contributed by atoms with Gasteiger partial charge in [0.1, 0.15) is 5.84 Å². The van der Waals surface area contributed by atoms with E-state index in [0.717, 1.165) is 9.79 Å². The monoisotopic (exact) mass is 306 g/mol. The third-order valence-corrected chi connectivity index (χ3v) is 4.87. The summed E-state index contributed by atoms with van der Waals surface area (Å²) >= 11 is 1.45. The van der Waals surface area contributed by atoms with Crippen LogP contribution < -0.4 is 5.73 Å². The predicted octanol–water partition coefficient (Wildman–Crippen LogP) is 2.53. The van der Waals surface area contributed by atoms with E-state index < -0.39 is 9.84 Å². The maximum atomic E-state index is 11.4. The van der Waals surface area contributed by atoms with Gasteiger partial charge in [0.05, 0.1) is 4.90 Å². The van der Waals surface area contributed by atoms with E-state index in [1.54, 1.807) is 30.3 Å². The number of hydrogen-bond acceptors (Lipinski definition) is 4. The summed E-state index contributed by atoms with van der Waals surface area (Å²) in [6.07, 6.45) is 1.18. The molecule has 0 amide bonds. The molecule has 6 heteroatoms. The Bertz CT molecular complexity index is 738. The molecule has 20 heavy (non-hydrogen) atoms. The molecule has 3 N–H and O–H groups in total. The molecule has 0 aromatic heterocycles. The molecule has 0 fully saturated rings. The van der Waals surface area contributed by atoms with Gasteiger partial charge in [-0.25, -0.2) is 8.42 Å². The zero-order valence-corrected chi connectivity index (χ0v) is 12.5. The molecule has 0 aliphatic heterocycles. The van der Waals surface area contributed by atoms with Crippen LogP contribution in [0.1, 0.15) is 5.56 Å². The molecule has 0 heterocycles. The average molecular weight is 306 g/mol. The van der Waals surface area contributed by atoms with Crippen molar-refractivity contribution in [2.75, 3.05) is 6.26 Å². The minimum atomic E-state index is -3.18. The third-order valence-electron chi connectivity index (χ3n) is 2.66. The van der Waals surface area contributed by atoms with E-state index in [-0.39, 0.29) is 5.84 Å². The average Bonchev–Trinajstić information content (AvgIpc) is 2.38. The maximum Gasteiger partial charge on any atom is 0.175 e. The molecule has 2 aromatic rings. The Balaban J connectivity index is 2.30. The predicted molar refractivity (Wildman–Crippen MR) is 81.1 cm³/mol. The number of rotatable bonds is 4. The van der Waals surface area contributed by atoms with Crippen LogP contribution in [0.5, 0.6) is 0 Å². The molecule has 0 atom stereocenters. The molecule has 0 spiro atoms. The molecular weight excluding hydrogens is 292 g/mol. The summed E-state index contributed by atoms with van der Waals surface area (Å²) in [5, 5.41) is 7.54. The first-order valence-corrected chi connectivity index (χ1v) is 8.50. The van der Waals surface area contributed by atoms with Crippen molar-refractivity contribution >= 4 is 27.4 Å². The Morgan fingerprint density at radius 1 is 1.10 bits per heavy atom. The molecule has 0 saturated heterocycles. The van der Waals surface area contributed by atoms with E-state index in [0.29, 0.717) is 10.5 Å². The van der Waals surface area contributed by atoms with Crippen LogP contribution >= 0.6 is 11.8 Å². The van der Waals surface area contributed by atoms with Gasteiger partial charge in [-0.15, -0.1) is 0 Å². The van der Waals surface area contributed by atoms with E-state index in [2.05, 4.69) is 0 Å². The maximum absolute atomic E-state index is 11.4. The Hall–Kier alpha value is -1.79. The smallest absolute Gasteiger partial charge is 0.175 e. The number of nitrogens with two attached hydrogens (primary N) is 1. The van der Waals surface area contributed by atoms with Gasteiger partial charge in [-0.2, -0.15) is 0 Å². The van der Waals surface area contributed by atoms with Crippen LogP contribution in [-0.2, 0) is 9.84 Å². The van der Waals surface area contributed by atoms with Gasteiger partial charge < -0.3 is 5.73 Å². The van der Waals surface area contributed by atoms with Crippen LogP contribution in [-0.4, -0.2) is 20.5 Å².